The molecular weight excluding hydrogens is 179 g/mol. The van der Waals surface area contributed by atoms with E-state index >= 15 is 0 Å². The first kappa shape index (κ1) is 10.0. The van der Waals surface area contributed by atoms with Gasteiger partial charge in [-0.15, -0.1) is 23.2 Å². The predicted octanol–water partition coefficient (Wildman–Crippen LogP) is 0.527. The Hall–Kier alpha value is 0.01000. The number of hydrogen-bond acceptors (Lipinski definition) is 2. The van der Waals surface area contributed by atoms with E-state index in [4.69, 9.17) is 33.4 Å². The van der Waals surface area contributed by atoms with E-state index in [1.807, 2.05) is 0 Å². The second kappa shape index (κ2) is 4.01. The van der Waals surface area contributed by atoms with Crippen molar-refractivity contribution in [2.45, 2.75) is 0 Å². The molecule has 0 spiro atoms. The lowest BCUT2D eigenvalue weighted by Crippen LogP contribution is -2.38. The number of alkyl halides is 2. The van der Waals surface area contributed by atoms with Gasteiger partial charge in [0.15, 0.2) is 0 Å². The van der Waals surface area contributed by atoms with Gasteiger partial charge in [0.1, 0.15) is 5.41 Å². The maximum absolute atomic E-state index is 10.4. The number of rotatable bonds is 4. The molecule has 0 saturated carbocycles. The van der Waals surface area contributed by atoms with Gasteiger partial charge in [0, 0.05) is 11.8 Å². The molecule has 0 amide bonds. The third-order valence-corrected chi connectivity index (χ3v) is 2.29. The summed E-state index contributed by atoms with van der Waals surface area (Å²) in [7, 11) is 0. The van der Waals surface area contributed by atoms with Gasteiger partial charge < -0.3 is 10.2 Å². The Morgan fingerprint density at radius 2 is 1.80 bits per heavy atom. The Bertz CT molecular complexity index is 114. The quantitative estimate of drug-likeness (QED) is 0.631. The second-order valence-corrected chi connectivity index (χ2v) is 2.55. The van der Waals surface area contributed by atoms with Gasteiger partial charge in [0.2, 0.25) is 0 Å². The first-order chi connectivity index (χ1) is 4.63. The van der Waals surface area contributed by atoms with Gasteiger partial charge in [0.25, 0.3) is 0 Å². The van der Waals surface area contributed by atoms with Crippen molar-refractivity contribution < 1.29 is 15.0 Å². The molecule has 0 aliphatic carbocycles. The summed E-state index contributed by atoms with van der Waals surface area (Å²) in [5.41, 5.74) is -1.37. The third kappa shape index (κ3) is 1.75. The Morgan fingerprint density at radius 1 is 1.40 bits per heavy atom. The fraction of sp³-hybridized carbons (Fsp3) is 0.800. The number of carbonyl (C=O) groups is 1. The van der Waals surface area contributed by atoms with E-state index in [0.29, 0.717) is 0 Å². The van der Waals surface area contributed by atoms with Crippen LogP contribution in [0.1, 0.15) is 0 Å². The standard InChI is InChI=1S/C5H8Cl2O3/c6-1-5(2-7,3-8)4(9)10/h8H,1-3H2,(H,9,10). The zero-order valence-electron chi connectivity index (χ0n) is 5.18. The van der Waals surface area contributed by atoms with E-state index in [9.17, 15) is 4.79 Å². The van der Waals surface area contributed by atoms with Gasteiger partial charge in [-0.25, -0.2) is 0 Å². The fourth-order valence-corrected chi connectivity index (χ4v) is 0.986. The predicted molar refractivity (Wildman–Crippen MR) is 38.6 cm³/mol. The molecule has 3 nitrogen and oxygen atoms in total. The van der Waals surface area contributed by atoms with Crippen molar-refractivity contribution in [1.82, 2.24) is 0 Å². The Labute approximate surface area is 68.6 Å². The van der Waals surface area contributed by atoms with Gasteiger partial charge in [-0.05, 0) is 0 Å². The minimum absolute atomic E-state index is 0.178. The van der Waals surface area contributed by atoms with E-state index in [1.54, 1.807) is 0 Å². The number of aliphatic hydroxyl groups excluding tert-OH is 1. The summed E-state index contributed by atoms with van der Waals surface area (Å²) in [6, 6.07) is 0. The molecule has 0 rings (SSSR count). The Kier molecular flexibility index (Phi) is 4.01. The third-order valence-electron chi connectivity index (χ3n) is 1.27. The Balaban J connectivity index is 4.31. The molecule has 0 aromatic heterocycles. The van der Waals surface area contributed by atoms with Crippen LogP contribution in [-0.4, -0.2) is 34.5 Å². The molecule has 0 atom stereocenters. The van der Waals surface area contributed by atoms with Gasteiger partial charge in [-0.3, -0.25) is 4.79 Å². The zero-order chi connectivity index (χ0) is 8.20. The van der Waals surface area contributed by atoms with E-state index in [0.717, 1.165) is 0 Å². The molecule has 0 heterocycles. The average Bonchev–Trinajstić information content (AvgIpc) is 1.92. The number of carboxylic acids is 1. The number of aliphatic carboxylic acids is 1. The molecule has 60 valence electrons. The van der Waals surface area contributed by atoms with Crippen LogP contribution in [0.5, 0.6) is 0 Å². The maximum atomic E-state index is 10.4. The zero-order valence-corrected chi connectivity index (χ0v) is 6.69. The molecular formula is C5H8Cl2O3. The minimum Gasteiger partial charge on any atom is -0.481 e. The first-order valence-corrected chi connectivity index (χ1v) is 3.66. The van der Waals surface area contributed by atoms with Gasteiger partial charge in [-0.1, -0.05) is 0 Å². The lowest BCUT2D eigenvalue weighted by Gasteiger charge is -2.20. The van der Waals surface area contributed by atoms with Crippen molar-refractivity contribution >= 4 is 29.2 Å². The largest absolute Gasteiger partial charge is 0.481 e. The molecule has 0 aliphatic rings. The van der Waals surface area contributed by atoms with Crippen molar-refractivity contribution in [2.24, 2.45) is 5.41 Å². The van der Waals surface area contributed by atoms with Crippen LogP contribution >= 0.6 is 23.2 Å². The van der Waals surface area contributed by atoms with Crippen LogP contribution in [0.15, 0.2) is 0 Å². The normalized spacial score (nSPS) is 11.5. The highest BCUT2D eigenvalue weighted by molar-refractivity contribution is 6.23. The smallest absolute Gasteiger partial charge is 0.314 e. The van der Waals surface area contributed by atoms with Crippen molar-refractivity contribution in [1.29, 1.82) is 0 Å². The molecule has 0 aromatic carbocycles. The summed E-state index contributed by atoms with van der Waals surface area (Å²) in [6.07, 6.45) is 0. The lowest BCUT2D eigenvalue weighted by atomic mass is 9.95. The van der Waals surface area contributed by atoms with Crippen molar-refractivity contribution in [3.05, 3.63) is 0 Å². The van der Waals surface area contributed by atoms with Crippen LogP contribution in [0.25, 0.3) is 0 Å². The van der Waals surface area contributed by atoms with Crippen LogP contribution in [0.4, 0.5) is 0 Å². The number of halogens is 2. The Morgan fingerprint density at radius 3 is 1.80 bits per heavy atom. The summed E-state index contributed by atoms with van der Waals surface area (Å²) < 4.78 is 0. The summed E-state index contributed by atoms with van der Waals surface area (Å²) in [5, 5.41) is 17.1. The molecule has 0 saturated heterocycles. The van der Waals surface area contributed by atoms with Crippen LogP contribution in [-0.2, 0) is 4.79 Å². The van der Waals surface area contributed by atoms with Gasteiger partial charge >= 0.3 is 5.97 Å². The van der Waals surface area contributed by atoms with Crippen LogP contribution in [0.2, 0.25) is 0 Å². The lowest BCUT2D eigenvalue weighted by molar-refractivity contribution is -0.148. The SMILES string of the molecule is O=C(O)C(CO)(CCl)CCl. The molecule has 0 aliphatic heterocycles. The van der Waals surface area contributed by atoms with Gasteiger partial charge in [0.05, 0.1) is 6.61 Å². The highest BCUT2D eigenvalue weighted by atomic mass is 35.5. The topological polar surface area (TPSA) is 57.5 Å². The minimum atomic E-state index is -1.37. The highest BCUT2D eigenvalue weighted by Gasteiger charge is 2.36. The number of hydrogen-bond donors (Lipinski definition) is 2. The summed E-state index contributed by atoms with van der Waals surface area (Å²) >= 11 is 10.6. The molecule has 0 unspecified atom stereocenters. The van der Waals surface area contributed by atoms with Crippen molar-refractivity contribution in [3.8, 4) is 0 Å². The highest BCUT2D eigenvalue weighted by Crippen LogP contribution is 2.20. The van der Waals surface area contributed by atoms with Crippen LogP contribution in [0, 0.1) is 5.41 Å². The molecule has 0 aromatic rings. The van der Waals surface area contributed by atoms with Crippen molar-refractivity contribution in [2.75, 3.05) is 18.4 Å². The van der Waals surface area contributed by atoms with Gasteiger partial charge in [-0.2, -0.15) is 0 Å². The summed E-state index contributed by atoms with van der Waals surface area (Å²) in [4.78, 5) is 10.4. The molecule has 0 bridgehead atoms. The molecule has 2 N–H and O–H groups in total. The van der Waals surface area contributed by atoms with E-state index in [1.165, 1.54) is 0 Å². The van der Waals surface area contributed by atoms with E-state index < -0.39 is 18.0 Å². The second-order valence-electron chi connectivity index (χ2n) is 2.01. The maximum Gasteiger partial charge on any atom is 0.314 e. The summed E-state index contributed by atoms with van der Waals surface area (Å²) in [6.45, 7) is -0.532. The fourth-order valence-electron chi connectivity index (χ4n) is 0.302. The monoisotopic (exact) mass is 186 g/mol. The average molecular weight is 187 g/mol. The molecule has 0 fully saturated rings. The summed E-state index contributed by atoms with van der Waals surface area (Å²) in [5.74, 6) is -1.52. The molecule has 5 heteroatoms. The first-order valence-electron chi connectivity index (χ1n) is 2.59. The van der Waals surface area contributed by atoms with E-state index in [-0.39, 0.29) is 11.8 Å². The molecule has 10 heavy (non-hydrogen) atoms. The number of carboxylic acid groups (broad SMARTS) is 1. The molecule has 0 radical (unpaired) electrons. The number of aliphatic hydroxyl groups is 1. The van der Waals surface area contributed by atoms with Crippen molar-refractivity contribution in [3.63, 3.8) is 0 Å². The van der Waals surface area contributed by atoms with Crippen LogP contribution < -0.4 is 0 Å². The van der Waals surface area contributed by atoms with Crippen LogP contribution in [0.3, 0.4) is 0 Å². The van der Waals surface area contributed by atoms with E-state index in [2.05, 4.69) is 0 Å².